The Bertz CT molecular complexity index is 492. The number of nitrogens with two attached hydrogens (primary N) is 1. The minimum Gasteiger partial charge on any atom is -0.461 e. The fraction of sp³-hybridized carbons (Fsp3) is 0.429. The number of aryl methyl sites for hydroxylation is 1. The lowest BCUT2D eigenvalue weighted by atomic mass is 10.1. The van der Waals surface area contributed by atoms with Crippen molar-refractivity contribution >= 4 is 11.0 Å². The van der Waals surface area contributed by atoms with E-state index in [-0.39, 0.29) is 11.9 Å². The van der Waals surface area contributed by atoms with Crippen LogP contribution in [0.2, 0.25) is 0 Å². The zero-order chi connectivity index (χ0) is 12.3. The summed E-state index contributed by atoms with van der Waals surface area (Å²) in [6, 6.07) is 6.70. The summed E-state index contributed by atoms with van der Waals surface area (Å²) in [7, 11) is 0. The minimum absolute atomic E-state index is 0.227. The molecule has 17 heavy (non-hydrogen) atoms. The lowest BCUT2D eigenvalue weighted by Crippen LogP contribution is -2.19. The number of rotatable bonds is 5. The Morgan fingerprint density at radius 3 is 2.88 bits per heavy atom. The first-order valence-electron chi connectivity index (χ1n) is 6.12. The first-order chi connectivity index (χ1) is 8.19. The van der Waals surface area contributed by atoms with Gasteiger partial charge in [-0.25, -0.2) is 4.39 Å². The molecule has 1 heterocycles. The molecule has 0 bridgehead atoms. The molecular weight excluding hydrogens is 217 g/mol. The summed E-state index contributed by atoms with van der Waals surface area (Å²) < 4.78 is 18.6. The number of halogens is 1. The van der Waals surface area contributed by atoms with E-state index in [1.165, 1.54) is 12.1 Å². The molecule has 1 unspecified atom stereocenters. The van der Waals surface area contributed by atoms with Gasteiger partial charge in [-0.1, -0.05) is 13.3 Å². The van der Waals surface area contributed by atoms with E-state index < -0.39 is 0 Å². The molecule has 0 aliphatic rings. The third kappa shape index (κ3) is 3.07. The van der Waals surface area contributed by atoms with Crippen LogP contribution in [0.3, 0.4) is 0 Å². The van der Waals surface area contributed by atoms with Crippen molar-refractivity contribution in [2.24, 2.45) is 5.73 Å². The predicted molar refractivity (Wildman–Crippen MR) is 67.4 cm³/mol. The summed E-state index contributed by atoms with van der Waals surface area (Å²) in [4.78, 5) is 0. The fourth-order valence-electron chi connectivity index (χ4n) is 2.04. The zero-order valence-corrected chi connectivity index (χ0v) is 10.1. The van der Waals surface area contributed by atoms with Gasteiger partial charge in [0, 0.05) is 17.8 Å². The van der Waals surface area contributed by atoms with Crippen LogP contribution in [0.5, 0.6) is 0 Å². The summed E-state index contributed by atoms with van der Waals surface area (Å²) in [5.41, 5.74) is 6.69. The molecule has 0 spiro atoms. The second-order valence-electron chi connectivity index (χ2n) is 4.48. The van der Waals surface area contributed by atoms with Crippen molar-refractivity contribution in [1.29, 1.82) is 0 Å². The molecule has 0 fully saturated rings. The van der Waals surface area contributed by atoms with Gasteiger partial charge in [0.25, 0.3) is 0 Å². The predicted octanol–water partition coefficient (Wildman–Crippen LogP) is 3.63. The molecule has 1 aromatic heterocycles. The van der Waals surface area contributed by atoms with Crippen LogP contribution in [-0.4, -0.2) is 6.04 Å². The molecule has 3 heteroatoms. The summed E-state index contributed by atoms with van der Waals surface area (Å²) in [5.74, 6) is 0.657. The number of hydrogen-bond acceptors (Lipinski definition) is 2. The van der Waals surface area contributed by atoms with Gasteiger partial charge in [-0.2, -0.15) is 0 Å². The highest BCUT2D eigenvalue weighted by Crippen LogP contribution is 2.21. The van der Waals surface area contributed by atoms with Crippen LogP contribution >= 0.6 is 0 Å². The second kappa shape index (κ2) is 5.32. The van der Waals surface area contributed by atoms with Gasteiger partial charge in [0.1, 0.15) is 17.2 Å². The largest absolute Gasteiger partial charge is 0.461 e. The Balaban J connectivity index is 2.04. The standard InChI is InChI=1S/C14H18FNO/c1-2-3-12(16)5-6-13-9-10-8-11(15)4-7-14(10)17-13/h4,7-9,12H,2-3,5-6,16H2,1H3. The lowest BCUT2D eigenvalue weighted by Gasteiger charge is -2.07. The van der Waals surface area contributed by atoms with E-state index in [1.807, 2.05) is 6.07 Å². The van der Waals surface area contributed by atoms with Gasteiger partial charge in [0.15, 0.2) is 0 Å². The van der Waals surface area contributed by atoms with Crippen molar-refractivity contribution in [3.63, 3.8) is 0 Å². The number of benzene rings is 1. The van der Waals surface area contributed by atoms with E-state index in [0.717, 1.165) is 42.4 Å². The molecule has 2 aromatic rings. The Labute approximate surface area is 101 Å². The maximum absolute atomic E-state index is 13.0. The van der Waals surface area contributed by atoms with Crippen molar-refractivity contribution < 1.29 is 8.81 Å². The first-order valence-corrected chi connectivity index (χ1v) is 6.12. The minimum atomic E-state index is -0.229. The molecule has 1 atom stereocenters. The van der Waals surface area contributed by atoms with Crippen LogP contribution < -0.4 is 5.73 Å². The van der Waals surface area contributed by atoms with E-state index in [2.05, 4.69) is 6.92 Å². The molecule has 2 N–H and O–H groups in total. The van der Waals surface area contributed by atoms with Gasteiger partial charge < -0.3 is 10.2 Å². The summed E-state index contributed by atoms with van der Waals surface area (Å²) in [6.45, 7) is 2.13. The topological polar surface area (TPSA) is 39.2 Å². The maximum Gasteiger partial charge on any atom is 0.134 e. The van der Waals surface area contributed by atoms with Crippen LogP contribution in [0, 0.1) is 5.82 Å². The molecule has 2 rings (SSSR count). The van der Waals surface area contributed by atoms with Crippen molar-refractivity contribution in [3.8, 4) is 0 Å². The molecule has 0 saturated heterocycles. The molecule has 1 aromatic carbocycles. The van der Waals surface area contributed by atoms with Crippen LogP contribution in [0.4, 0.5) is 4.39 Å². The smallest absolute Gasteiger partial charge is 0.134 e. The summed E-state index contributed by atoms with van der Waals surface area (Å²) in [6.07, 6.45) is 3.87. The summed E-state index contributed by atoms with van der Waals surface area (Å²) in [5, 5.41) is 0.823. The highest BCUT2D eigenvalue weighted by Gasteiger charge is 2.07. The third-order valence-corrected chi connectivity index (χ3v) is 2.95. The number of fused-ring (bicyclic) bond motifs is 1. The number of hydrogen-bond donors (Lipinski definition) is 1. The Hall–Kier alpha value is -1.35. The maximum atomic E-state index is 13.0. The SMILES string of the molecule is CCCC(N)CCc1cc2cc(F)ccc2o1. The van der Waals surface area contributed by atoms with E-state index in [4.69, 9.17) is 10.2 Å². The summed E-state index contributed by atoms with van der Waals surface area (Å²) >= 11 is 0. The lowest BCUT2D eigenvalue weighted by molar-refractivity contribution is 0.497. The Morgan fingerprint density at radius 1 is 1.29 bits per heavy atom. The quantitative estimate of drug-likeness (QED) is 0.859. The molecule has 0 saturated carbocycles. The fourth-order valence-corrected chi connectivity index (χ4v) is 2.04. The Kier molecular flexibility index (Phi) is 3.79. The molecule has 0 amide bonds. The van der Waals surface area contributed by atoms with Gasteiger partial charge in [-0.3, -0.25) is 0 Å². The molecule has 0 aliphatic heterocycles. The van der Waals surface area contributed by atoms with Crippen LogP contribution in [0.15, 0.2) is 28.7 Å². The van der Waals surface area contributed by atoms with Gasteiger partial charge in [-0.15, -0.1) is 0 Å². The molecule has 0 radical (unpaired) electrons. The van der Waals surface area contributed by atoms with Crippen LogP contribution in [0.1, 0.15) is 31.9 Å². The van der Waals surface area contributed by atoms with Crippen LogP contribution in [-0.2, 0) is 6.42 Å². The highest BCUT2D eigenvalue weighted by molar-refractivity contribution is 5.77. The Morgan fingerprint density at radius 2 is 2.12 bits per heavy atom. The van der Waals surface area contributed by atoms with E-state index >= 15 is 0 Å². The van der Waals surface area contributed by atoms with Crippen molar-refractivity contribution in [3.05, 3.63) is 35.8 Å². The molecule has 0 aliphatic carbocycles. The normalized spacial score (nSPS) is 13.1. The average molecular weight is 235 g/mol. The molecule has 2 nitrogen and oxygen atoms in total. The highest BCUT2D eigenvalue weighted by atomic mass is 19.1. The third-order valence-electron chi connectivity index (χ3n) is 2.95. The van der Waals surface area contributed by atoms with E-state index in [1.54, 1.807) is 6.07 Å². The van der Waals surface area contributed by atoms with Gasteiger partial charge in [0.05, 0.1) is 0 Å². The van der Waals surface area contributed by atoms with Gasteiger partial charge in [-0.05, 0) is 37.1 Å². The monoisotopic (exact) mass is 235 g/mol. The van der Waals surface area contributed by atoms with Crippen molar-refractivity contribution in [2.45, 2.75) is 38.6 Å². The first kappa shape index (κ1) is 12.1. The molecular formula is C14H18FNO. The van der Waals surface area contributed by atoms with Gasteiger partial charge >= 0.3 is 0 Å². The second-order valence-corrected chi connectivity index (χ2v) is 4.48. The molecule has 92 valence electrons. The van der Waals surface area contributed by atoms with Crippen LogP contribution in [0.25, 0.3) is 11.0 Å². The van der Waals surface area contributed by atoms with Crippen molar-refractivity contribution in [1.82, 2.24) is 0 Å². The average Bonchev–Trinajstić information content (AvgIpc) is 2.68. The van der Waals surface area contributed by atoms with E-state index in [0.29, 0.717) is 0 Å². The van der Waals surface area contributed by atoms with Crippen molar-refractivity contribution in [2.75, 3.05) is 0 Å². The van der Waals surface area contributed by atoms with E-state index in [9.17, 15) is 4.39 Å². The zero-order valence-electron chi connectivity index (χ0n) is 10.1. The van der Waals surface area contributed by atoms with Gasteiger partial charge in [0.2, 0.25) is 0 Å². The number of furan rings is 1.